The van der Waals surface area contributed by atoms with Crippen LogP contribution in [0.2, 0.25) is 0 Å². The number of hydrogen-bond acceptors (Lipinski definition) is 2. The van der Waals surface area contributed by atoms with Crippen LogP contribution < -0.4 is 10.1 Å². The molecule has 0 atom stereocenters. The van der Waals surface area contributed by atoms with E-state index in [-0.39, 0.29) is 11.9 Å². The lowest BCUT2D eigenvalue weighted by Crippen LogP contribution is -2.17. The van der Waals surface area contributed by atoms with E-state index in [2.05, 4.69) is 21.2 Å². The summed E-state index contributed by atoms with van der Waals surface area (Å²) in [5.41, 5.74) is 2.37. The highest BCUT2D eigenvalue weighted by Gasteiger charge is 2.15. The van der Waals surface area contributed by atoms with Gasteiger partial charge in [-0.25, -0.2) is 0 Å². The number of anilines is 1. The Labute approximate surface area is 133 Å². The summed E-state index contributed by atoms with van der Waals surface area (Å²) in [4.78, 5) is 12.4. The first-order valence-corrected chi connectivity index (χ1v) is 7.55. The van der Waals surface area contributed by atoms with Crippen molar-refractivity contribution in [3.8, 4) is 5.75 Å². The number of methoxy groups -OCH3 is 1. The number of carbonyl (C=O) groups excluding carboxylic acids is 1. The zero-order valence-electron chi connectivity index (χ0n) is 12.6. The minimum atomic E-state index is -0.126. The summed E-state index contributed by atoms with van der Waals surface area (Å²) in [6.45, 7) is 6.03. The number of hydrogen-bond donors (Lipinski definition) is 1. The number of nitrogens with one attached hydrogen (secondary N) is 1. The van der Waals surface area contributed by atoms with Crippen molar-refractivity contribution in [2.24, 2.45) is 0 Å². The molecule has 4 nitrogen and oxygen atoms in total. The summed E-state index contributed by atoms with van der Waals surface area (Å²) in [5.74, 6) is 0.681. The first-order valence-electron chi connectivity index (χ1n) is 6.75. The van der Waals surface area contributed by atoms with Gasteiger partial charge in [0.1, 0.15) is 11.4 Å². The topological polar surface area (TPSA) is 43.3 Å². The normalized spacial score (nSPS) is 10.8. The molecule has 0 fully saturated rings. The third-order valence-electron chi connectivity index (χ3n) is 3.26. The van der Waals surface area contributed by atoms with E-state index in [4.69, 9.17) is 4.74 Å². The van der Waals surface area contributed by atoms with Gasteiger partial charge in [0.15, 0.2) is 0 Å². The Bertz CT molecular complexity index is 662. The zero-order valence-corrected chi connectivity index (χ0v) is 14.2. The van der Waals surface area contributed by atoms with Gasteiger partial charge in [-0.1, -0.05) is 0 Å². The molecule has 1 heterocycles. The number of rotatable bonds is 4. The predicted molar refractivity (Wildman–Crippen MR) is 88.2 cm³/mol. The van der Waals surface area contributed by atoms with Crippen molar-refractivity contribution in [3.63, 3.8) is 0 Å². The SMILES string of the molecule is COc1ccc(NC(=O)c2cc(Br)cn2C(C)C)cc1C. The smallest absolute Gasteiger partial charge is 0.272 e. The monoisotopic (exact) mass is 350 g/mol. The quantitative estimate of drug-likeness (QED) is 0.887. The lowest BCUT2D eigenvalue weighted by molar-refractivity contribution is 0.101. The fourth-order valence-electron chi connectivity index (χ4n) is 2.21. The number of carbonyl (C=O) groups is 1. The van der Waals surface area contributed by atoms with Gasteiger partial charge >= 0.3 is 0 Å². The van der Waals surface area contributed by atoms with E-state index in [1.807, 2.05) is 55.8 Å². The maximum absolute atomic E-state index is 12.4. The molecule has 0 spiro atoms. The Hall–Kier alpha value is -1.75. The number of ether oxygens (including phenoxy) is 1. The minimum absolute atomic E-state index is 0.126. The van der Waals surface area contributed by atoms with Crippen molar-refractivity contribution in [3.05, 3.63) is 46.2 Å². The van der Waals surface area contributed by atoms with Crippen LogP contribution in [0.3, 0.4) is 0 Å². The second-order valence-corrected chi connectivity index (χ2v) is 6.10. The van der Waals surface area contributed by atoms with Gasteiger partial charge < -0.3 is 14.6 Å². The number of aryl methyl sites for hydroxylation is 1. The Morgan fingerprint density at radius 1 is 1.33 bits per heavy atom. The summed E-state index contributed by atoms with van der Waals surface area (Å²) < 4.78 is 8.06. The fourth-order valence-corrected chi connectivity index (χ4v) is 2.64. The highest BCUT2D eigenvalue weighted by atomic mass is 79.9. The molecule has 0 saturated carbocycles. The predicted octanol–water partition coefficient (Wildman–Crippen LogP) is 4.40. The van der Waals surface area contributed by atoms with E-state index in [0.717, 1.165) is 21.5 Å². The van der Waals surface area contributed by atoms with Crippen molar-refractivity contribution in [1.82, 2.24) is 4.57 Å². The lowest BCUT2D eigenvalue weighted by atomic mass is 10.2. The van der Waals surface area contributed by atoms with E-state index in [1.165, 1.54) is 0 Å². The van der Waals surface area contributed by atoms with Crippen molar-refractivity contribution in [2.75, 3.05) is 12.4 Å². The molecule has 5 heteroatoms. The summed E-state index contributed by atoms with van der Waals surface area (Å²) in [5, 5.41) is 2.92. The second kappa shape index (κ2) is 6.35. The fraction of sp³-hybridized carbons (Fsp3) is 0.312. The molecule has 0 aliphatic rings. The number of benzene rings is 1. The van der Waals surface area contributed by atoms with E-state index < -0.39 is 0 Å². The van der Waals surface area contributed by atoms with Gasteiger partial charge in [-0.2, -0.15) is 0 Å². The average molecular weight is 351 g/mol. The first-order chi connectivity index (χ1) is 9.92. The maximum Gasteiger partial charge on any atom is 0.272 e. The van der Waals surface area contributed by atoms with Gasteiger partial charge in [-0.05, 0) is 66.5 Å². The molecule has 1 aromatic carbocycles. The number of aromatic nitrogens is 1. The standard InChI is InChI=1S/C16H19BrN2O2/c1-10(2)19-9-12(17)8-14(19)16(20)18-13-5-6-15(21-4)11(3)7-13/h5-10H,1-4H3,(H,18,20). The van der Waals surface area contributed by atoms with Crippen LogP contribution in [0.1, 0.15) is 35.9 Å². The molecular weight excluding hydrogens is 332 g/mol. The summed E-state index contributed by atoms with van der Waals surface area (Å²) in [6, 6.07) is 7.62. The van der Waals surface area contributed by atoms with Crippen LogP contribution >= 0.6 is 15.9 Å². The van der Waals surface area contributed by atoms with Crippen LogP contribution in [0.25, 0.3) is 0 Å². The Morgan fingerprint density at radius 2 is 2.05 bits per heavy atom. The van der Waals surface area contributed by atoms with Gasteiger partial charge in [0.05, 0.1) is 7.11 Å². The molecule has 0 aliphatic heterocycles. The Balaban J connectivity index is 2.24. The van der Waals surface area contributed by atoms with Crippen LogP contribution in [0.5, 0.6) is 5.75 Å². The van der Waals surface area contributed by atoms with Crippen LogP contribution in [-0.4, -0.2) is 17.6 Å². The van der Waals surface area contributed by atoms with Gasteiger partial charge in [0, 0.05) is 22.4 Å². The molecule has 0 radical (unpaired) electrons. The van der Waals surface area contributed by atoms with Crippen molar-refractivity contribution < 1.29 is 9.53 Å². The van der Waals surface area contributed by atoms with Crippen LogP contribution in [0.15, 0.2) is 34.9 Å². The second-order valence-electron chi connectivity index (χ2n) is 5.18. The van der Waals surface area contributed by atoms with E-state index >= 15 is 0 Å². The van der Waals surface area contributed by atoms with Crippen molar-refractivity contribution in [1.29, 1.82) is 0 Å². The molecule has 2 aromatic rings. The highest BCUT2D eigenvalue weighted by molar-refractivity contribution is 9.10. The molecule has 2 rings (SSSR count). The summed E-state index contributed by atoms with van der Waals surface area (Å²) in [6.07, 6.45) is 1.92. The molecule has 1 aromatic heterocycles. The van der Waals surface area contributed by atoms with Crippen LogP contribution in [0, 0.1) is 6.92 Å². The van der Waals surface area contributed by atoms with Gasteiger partial charge in [0.25, 0.3) is 5.91 Å². The molecule has 21 heavy (non-hydrogen) atoms. The number of halogens is 1. The summed E-state index contributed by atoms with van der Waals surface area (Å²) >= 11 is 3.42. The highest BCUT2D eigenvalue weighted by Crippen LogP contribution is 2.23. The maximum atomic E-state index is 12.4. The molecular formula is C16H19BrN2O2. The largest absolute Gasteiger partial charge is 0.496 e. The Kier molecular flexibility index (Phi) is 4.73. The van der Waals surface area contributed by atoms with Crippen molar-refractivity contribution in [2.45, 2.75) is 26.8 Å². The molecule has 0 aliphatic carbocycles. The van der Waals surface area contributed by atoms with E-state index in [9.17, 15) is 4.79 Å². The first kappa shape index (κ1) is 15.6. The van der Waals surface area contributed by atoms with Gasteiger partial charge in [-0.15, -0.1) is 0 Å². The van der Waals surface area contributed by atoms with E-state index in [1.54, 1.807) is 7.11 Å². The van der Waals surface area contributed by atoms with Gasteiger partial charge in [0.2, 0.25) is 0 Å². The minimum Gasteiger partial charge on any atom is -0.496 e. The van der Waals surface area contributed by atoms with Crippen molar-refractivity contribution >= 4 is 27.5 Å². The van der Waals surface area contributed by atoms with E-state index in [0.29, 0.717) is 5.69 Å². The third-order valence-corrected chi connectivity index (χ3v) is 3.69. The van der Waals surface area contributed by atoms with Gasteiger partial charge in [-0.3, -0.25) is 4.79 Å². The average Bonchev–Trinajstić information content (AvgIpc) is 2.81. The molecule has 0 unspecified atom stereocenters. The zero-order chi connectivity index (χ0) is 15.6. The van der Waals surface area contributed by atoms with Crippen LogP contribution in [0.4, 0.5) is 5.69 Å². The molecule has 112 valence electrons. The molecule has 0 saturated heterocycles. The summed E-state index contributed by atoms with van der Waals surface area (Å²) in [7, 11) is 1.63. The third kappa shape index (κ3) is 3.47. The number of amides is 1. The number of nitrogens with zero attached hydrogens (tertiary/aromatic N) is 1. The molecule has 1 N–H and O–H groups in total. The lowest BCUT2D eigenvalue weighted by Gasteiger charge is -2.13. The van der Waals surface area contributed by atoms with Crippen LogP contribution in [-0.2, 0) is 0 Å². The molecule has 1 amide bonds. The Morgan fingerprint density at radius 3 is 2.62 bits per heavy atom. The molecule has 0 bridgehead atoms.